The third kappa shape index (κ3) is 5.14. The average molecular weight is 251 g/mol. The van der Waals surface area contributed by atoms with Crippen molar-refractivity contribution in [3.63, 3.8) is 0 Å². The molecule has 5 heteroatoms. The molecule has 1 rings (SSSR count). The number of hydrogen-bond donors (Lipinski definition) is 3. The summed E-state index contributed by atoms with van der Waals surface area (Å²) >= 11 is 0. The van der Waals surface area contributed by atoms with Gasteiger partial charge in [0.2, 0.25) is 0 Å². The molecular weight excluding hydrogens is 230 g/mol. The van der Waals surface area contributed by atoms with E-state index in [-0.39, 0.29) is 12.1 Å². The van der Waals surface area contributed by atoms with Gasteiger partial charge in [-0.25, -0.2) is 9.78 Å². The zero-order chi connectivity index (χ0) is 13.5. The number of rotatable bonds is 5. The van der Waals surface area contributed by atoms with Gasteiger partial charge in [0, 0.05) is 12.2 Å². The first-order valence-corrected chi connectivity index (χ1v) is 6.19. The third-order valence-corrected chi connectivity index (χ3v) is 2.57. The molecule has 0 spiro atoms. The summed E-state index contributed by atoms with van der Waals surface area (Å²) in [5, 5.41) is 14.7. The van der Waals surface area contributed by atoms with E-state index in [1.54, 1.807) is 0 Å². The molecule has 0 radical (unpaired) electrons. The fourth-order valence-electron chi connectivity index (χ4n) is 1.62. The van der Waals surface area contributed by atoms with Gasteiger partial charge in [0.1, 0.15) is 5.82 Å². The number of aliphatic hydroxyl groups excluding tert-OH is 1. The van der Waals surface area contributed by atoms with Crippen molar-refractivity contribution in [2.24, 2.45) is 0 Å². The van der Waals surface area contributed by atoms with E-state index in [4.69, 9.17) is 0 Å². The summed E-state index contributed by atoms with van der Waals surface area (Å²) in [5.41, 5.74) is 1.92. The Morgan fingerprint density at radius 1 is 1.44 bits per heavy atom. The number of hydrogen-bond acceptors (Lipinski definition) is 3. The third-order valence-electron chi connectivity index (χ3n) is 2.57. The standard InChI is InChI=1S/C13H21N3O2/c1-4-11(17)5-6-14-13(18)16-12-8-9(2)7-10(3)15-12/h7-8,11,17H,4-6H2,1-3H3,(H2,14,15,16,18)/t11-/m0/s1. The highest BCUT2D eigenvalue weighted by atomic mass is 16.3. The molecule has 0 aliphatic heterocycles. The van der Waals surface area contributed by atoms with Crippen LogP contribution >= 0.6 is 0 Å². The minimum absolute atomic E-state index is 0.296. The summed E-state index contributed by atoms with van der Waals surface area (Å²) in [4.78, 5) is 15.8. The van der Waals surface area contributed by atoms with Gasteiger partial charge < -0.3 is 10.4 Å². The Bertz CT molecular complexity index is 387. The molecule has 0 aliphatic carbocycles. The van der Waals surface area contributed by atoms with Crippen LogP contribution in [0.15, 0.2) is 12.1 Å². The van der Waals surface area contributed by atoms with Gasteiger partial charge in [-0.15, -0.1) is 0 Å². The Hall–Kier alpha value is -1.62. The zero-order valence-corrected chi connectivity index (χ0v) is 11.2. The first-order chi connectivity index (χ1) is 8.51. The van der Waals surface area contributed by atoms with E-state index >= 15 is 0 Å². The first kappa shape index (κ1) is 14.4. The SMILES string of the molecule is CC[C@H](O)CCNC(=O)Nc1cc(C)cc(C)n1. The molecule has 0 saturated heterocycles. The highest BCUT2D eigenvalue weighted by Crippen LogP contribution is 2.08. The quantitative estimate of drug-likeness (QED) is 0.749. The van der Waals surface area contributed by atoms with E-state index in [1.165, 1.54) is 0 Å². The van der Waals surface area contributed by atoms with E-state index in [1.807, 2.05) is 32.9 Å². The number of urea groups is 1. The molecule has 0 unspecified atom stereocenters. The van der Waals surface area contributed by atoms with Crippen molar-refractivity contribution >= 4 is 11.8 Å². The lowest BCUT2D eigenvalue weighted by Gasteiger charge is -2.10. The van der Waals surface area contributed by atoms with E-state index in [0.717, 1.165) is 11.3 Å². The number of pyridine rings is 1. The van der Waals surface area contributed by atoms with Crippen LogP contribution in [0.1, 0.15) is 31.0 Å². The minimum atomic E-state index is -0.357. The summed E-state index contributed by atoms with van der Waals surface area (Å²) in [6.45, 7) is 6.19. The molecule has 0 fully saturated rings. The number of carbonyl (C=O) groups excluding carboxylic acids is 1. The topological polar surface area (TPSA) is 74.2 Å². The molecule has 0 saturated carbocycles. The second-order valence-electron chi connectivity index (χ2n) is 4.40. The lowest BCUT2D eigenvalue weighted by Crippen LogP contribution is -2.31. The number of aliphatic hydroxyl groups is 1. The number of nitrogens with zero attached hydrogens (tertiary/aromatic N) is 1. The fraction of sp³-hybridized carbons (Fsp3) is 0.538. The molecule has 100 valence electrons. The normalized spacial score (nSPS) is 12.0. The van der Waals surface area contributed by atoms with Gasteiger partial charge in [0.25, 0.3) is 0 Å². The van der Waals surface area contributed by atoms with Gasteiger partial charge in [-0.3, -0.25) is 5.32 Å². The maximum atomic E-state index is 11.6. The van der Waals surface area contributed by atoms with Crippen molar-refractivity contribution in [2.75, 3.05) is 11.9 Å². The van der Waals surface area contributed by atoms with Crippen molar-refractivity contribution in [3.8, 4) is 0 Å². The summed E-state index contributed by atoms with van der Waals surface area (Å²) in [7, 11) is 0. The summed E-state index contributed by atoms with van der Waals surface area (Å²) in [5.74, 6) is 0.543. The van der Waals surface area contributed by atoms with Gasteiger partial charge in [-0.2, -0.15) is 0 Å². The molecule has 1 aromatic rings. The van der Waals surface area contributed by atoms with Gasteiger partial charge in [-0.1, -0.05) is 6.92 Å². The van der Waals surface area contributed by atoms with Crippen molar-refractivity contribution < 1.29 is 9.90 Å². The number of aryl methyl sites for hydroxylation is 2. The zero-order valence-electron chi connectivity index (χ0n) is 11.2. The van der Waals surface area contributed by atoms with E-state index in [9.17, 15) is 9.90 Å². The predicted octanol–water partition coefficient (Wildman–Crippen LogP) is 1.98. The van der Waals surface area contributed by atoms with Crippen LogP contribution in [0.5, 0.6) is 0 Å². The van der Waals surface area contributed by atoms with E-state index in [0.29, 0.717) is 25.2 Å². The van der Waals surface area contributed by atoms with E-state index < -0.39 is 0 Å². The molecule has 1 heterocycles. The van der Waals surface area contributed by atoms with Gasteiger partial charge in [0.05, 0.1) is 6.10 Å². The van der Waals surface area contributed by atoms with Crippen molar-refractivity contribution in [2.45, 2.75) is 39.7 Å². The fourth-order valence-corrected chi connectivity index (χ4v) is 1.62. The maximum absolute atomic E-state index is 11.6. The van der Waals surface area contributed by atoms with Gasteiger partial charge in [0.15, 0.2) is 0 Å². The Balaban J connectivity index is 2.40. The smallest absolute Gasteiger partial charge is 0.320 e. The second kappa shape index (κ2) is 6.96. The van der Waals surface area contributed by atoms with Crippen molar-refractivity contribution in [1.29, 1.82) is 0 Å². The number of carbonyl (C=O) groups is 1. The Labute approximate surface area is 108 Å². The van der Waals surface area contributed by atoms with Gasteiger partial charge >= 0.3 is 6.03 Å². The molecule has 18 heavy (non-hydrogen) atoms. The summed E-state index contributed by atoms with van der Waals surface area (Å²) in [6.07, 6.45) is 0.899. The van der Waals surface area contributed by atoms with Crippen LogP contribution in [0, 0.1) is 13.8 Å². The molecule has 3 N–H and O–H groups in total. The molecule has 0 aromatic carbocycles. The number of nitrogens with one attached hydrogen (secondary N) is 2. The average Bonchev–Trinajstić information content (AvgIpc) is 2.27. The van der Waals surface area contributed by atoms with Crippen LogP contribution in [-0.4, -0.2) is 28.8 Å². The number of anilines is 1. The molecule has 5 nitrogen and oxygen atoms in total. The van der Waals surface area contributed by atoms with Crippen LogP contribution in [0.2, 0.25) is 0 Å². The first-order valence-electron chi connectivity index (χ1n) is 6.19. The lowest BCUT2D eigenvalue weighted by atomic mass is 10.2. The summed E-state index contributed by atoms with van der Waals surface area (Å²) in [6, 6.07) is 3.46. The highest BCUT2D eigenvalue weighted by molar-refractivity contribution is 5.88. The second-order valence-corrected chi connectivity index (χ2v) is 4.40. The minimum Gasteiger partial charge on any atom is -0.393 e. The largest absolute Gasteiger partial charge is 0.393 e. The van der Waals surface area contributed by atoms with Crippen LogP contribution in [0.4, 0.5) is 10.6 Å². The molecular formula is C13H21N3O2. The molecule has 2 amide bonds. The van der Waals surface area contributed by atoms with E-state index in [2.05, 4.69) is 15.6 Å². The van der Waals surface area contributed by atoms with Crippen LogP contribution in [0.3, 0.4) is 0 Å². The van der Waals surface area contributed by atoms with Crippen molar-refractivity contribution in [3.05, 3.63) is 23.4 Å². The Kier molecular flexibility index (Phi) is 5.58. The van der Waals surface area contributed by atoms with Gasteiger partial charge in [-0.05, 0) is 44.4 Å². The Morgan fingerprint density at radius 2 is 2.17 bits per heavy atom. The highest BCUT2D eigenvalue weighted by Gasteiger charge is 2.05. The van der Waals surface area contributed by atoms with Crippen molar-refractivity contribution in [1.82, 2.24) is 10.3 Å². The summed E-state index contributed by atoms with van der Waals surface area (Å²) < 4.78 is 0. The van der Waals surface area contributed by atoms with Crippen LogP contribution in [0.25, 0.3) is 0 Å². The van der Waals surface area contributed by atoms with Crippen LogP contribution in [-0.2, 0) is 0 Å². The predicted molar refractivity (Wildman–Crippen MR) is 71.6 cm³/mol. The van der Waals surface area contributed by atoms with Crippen LogP contribution < -0.4 is 10.6 Å². The Morgan fingerprint density at radius 3 is 2.78 bits per heavy atom. The maximum Gasteiger partial charge on any atom is 0.320 e. The molecule has 0 aliphatic rings. The number of amides is 2. The monoisotopic (exact) mass is 251 g/mol. The lowest BCUT2D eigenvalue weighted by molar-refractivity contribution is 0.160. The molecule has 1 aromatic heterocycles. The molecule has 1 atom stereocenters. The number of aromatic nitrogens is 1. The molecule has 0 bridgehead atoms.